The number of likely N-dealkylation sites (tertiary alicyclic amines) is 1. The number of carboxylic acid groups (broad SMARTS) is 1. The molecule has 8 atom stereocenters. The Bertz CT molecular complexity index is 1840. The predicted molar refractivity (Wildman–Crippen MR) is 253 cm³/mol. The van der Waals surface area contributed by atoms with E-state index in [0.717, 1.165) is 0 Å². The van der Waals surface area contributed by atoms with Crippen molar-refractivity contribution in [1.82, 2.24) is 31.5 Å². The van der Waals surface area contributed by atoms with Crippen molar-refractivity contribution < 1.29 is 43.8 Å². The summed E-state index contributed by atoms with van der Waals surface area (Å²) in [4.78, 5) is 105. The van der Waals surface area contributed by atoms with Crippen molar-refractivity contribution in [3.8, 4) is 5.75 Å². The normalized spacial score (nSPS) is 16.5. The number of nitrogens with one attached hydrogen (secondary N) is 5. The lowest BCUT2D eigenvalue weighted by atomic mass is 9.96. The number of carboxylic acids is 1. The highest BCUT2D eigenvalue weighted by Crippen LogP contribution is 2.21. The molecule has 0 aromatic heterocycles. The number of amides is 6. The second-order valence-electron chi connectivity index (χ2n) is 17.4. The minimum Gasteiger partial charge on any atom is -0.508 e. The molecule has 1 saturated heterocycles. The number of guanidine groups is 2. The molecule has 23 heteroatoms. The summed E-state index contributed by atoms with van der Waals surface area (Å²) in [7, 11) is 0. The molecular weight excluding hydrogens is 869 g/mol. The number of benzene rings is 1. The third kappa shape index (κ3) is 20.4. The molecule has 19 N–H and O–H groups in total. The van der Waals surface area contributed by atoms with Crippen LogP contribution in [0.25, 0.3) is 0 Å². The van der Waals surface area contributed by atoms with E-state index in [0.29, 0.717) is 44.2 Å². The van der Waals surface area contributed by atoms with Crippen LogP contribution in [-0.4, -0.2) is 137 Å². The van der Waals surface area contributed by atoms with Gasteiger partial charge in [0.05, 0.1) is 6.04 Å². The molecule has 1 fully saturated rings. The molecule has 0 saturated carbocycles. The zero-order valence-electron chi connectivity index (χ0n) is 39.4. The maximum atomic E-state index is 14.5. The summed E-state index contributed by atoms with van der Waals surface area (Å²) in [6.07, 6.45) is 3.30. The molecule has 0 radical (unpaired) electrons. The van der Waals surface area contributed by atoms with Crippen LogP contribution < -0.4 is 61.0 Å². The zero-order chi connectivity index (χ0) is 50.2. The summed E-state index contributed by atoms with van der Waals surface area (Å²) in [6.45, 7) is 7.99. The smallest absolute Gasteiger partial charge is 0.326 e. The standard InChI is InChI=1S/C44H76N14O9/c1-5-26(4)35(40(64)56-33(42(66)67)23-25(2)3)57-38(62)32(24-27-15-17-28(59)18-16-27)55-39(63)34-14-10-22-58(34)41(65)31(13-9-21-52-44(49)50)54-37(61)30(12-8-20-51-43(47)48)53-36(60)29(46)11-6-7-19-45/h15-18,25-26,29-35,59H,5-14,19-24,45-46H2,1-4H3,(H,53,60)(H,54,61)(H,55,63)(H,56,64)(H,57,62)(H,66,67)(H4,47,48,51)(H4,49,50,52)/t26-,29-,30-,31-,32-,33-,34-,35-/m0/s1. The van der Waals surface area contributed by atoms with E-state index in [1.165, 1.54) is 17.0 Å². The second kappa shape index (κ2) is 29.4. The first-order chi connectivity index (χ1) is 31.7. The number of hydrogen-bond donors (Lipinski definition) is 13. The molecule has 0 aliphatic carbocycles. The fraction of sp³-hybridized carbons (Fsp3) is 0.659. The van der Waals surface area contributed by atoms with E-state index >= 15 is 0 Å². The molecule has 1 aliphatic heterocycles. The number of nitrogens with zero attached hydrogens (tertiary/aromatic N) is 3. The van der Waals surface area contributed by atoms with Crippen LogP contribution in [0.15, 0.2) is 34.3 Å². The highest BCUT2D eigenvalue weighted by Gasteiger charge is 2.40. The Balaban J connectivity index is 2.46. The van der Waals surface area contributed by atoms with Gasteiger partial charge < -0.3 is 76.1 Å². The Morgan fingerprint density at radius 3 is 1.85 bits per heavy atom. The fourth-order valence-corrected chi connectivity index (χ4v) is 7.48. The zero-order valence-corrected chi connectivity index (χ0v) is 39.4. The van der Waals surface area contributed by atoms with Crippen LogP contribution in [0, 0.1) is 11.8 Å². The summed E-state index contributed by atoms with van der Waals surface area (Å²) in [5.41, 5.74) is 34.3. The van der Waals surface area contributed by atoms with Gasteiger partial charge in [-0.25, -0.2) is 4.79 Å². The molecule has 0 unspecified atom stereocenters. The van der Waals surface area contributed by atoms with E-state index in [9.17, 15) is 43.8 Å². The molecular formula is C44H76N14O9. The van der Waals surface area contributed by atoms with E-state index in [-0.39, 0.29) is 88.2 Å². The van der Waals surface area contributed by atoms with Gasteiger partial charge in [-0.15, -0.1) is 0 Å². The summed E-state index contributed by atoms with van der Waals surface area (Å²) in [5, 5.41) is 33.3. The number of phenolic OH excluding ortho intramolecular Hbond substituents is 1. The van der Waals surface area contributed by atoms with E-state index in [2.05, 4.69) is 36.6 Å². The number of phenols is 1. The second-order valence-corrected chi connectivity index (χ2v) is 17.4. The third-order valence-corrected chi connectivity index (χ3v) is 11.4. The average Bonchev–Trinajstić information content (AvgIpc) is 3.77. The highest BCUT2D eigenvalue weighted by molar-refractivity contribution is 5.97. The molecule has 1 aromatic rings. The van der Waals surface area contributed by atoms with E-state index in [1.54, 1.807) is 19.1 Å². The van der Waals surface area contributed by atoms with Crippen molar-refractivity contribution >= 4 is 53.3 Å². The van der Waals surface area contributed by atoms with Crippen molar-refractivity contribution in [2.24, 2.45) is 56.2 Å². The van der Waals surface area contributed by atoms with Gasteiger partial charge in [-0.2, -0.15) is 0 Å². The maximum Gasteiger partial charge on any atom is 0.326 e. The molecule has 67 heavy (non-hydrogen) atoms. The Kier molecular flexibility index (Phi) is 25.0. The number of unbranched alkanes of at least 4 members (excludes halogenated alkanes) is 1. The molecule has 1 aliphatic rings. The van der Waals surface area contributed by atoms with Crippen LogP contribution in [0.5, 0.6) is 5.75 Å². The van der Waals surface area contributed by atoms with Gasteiger partial charge >= 0.3 is 5.97 Å². The number of nitrogens with two attached hydrogens (primary N) is 6. The predicted octanol–water partition coefficient (Wildman–Crippen LogP) is -1.91. The number of carbonyl (C=O) groups excluding carboxylic acids is 6. The molecule has 0 bridgehead atoms. The summed E-state index contributed by atoms with van der Waals surface area (Å²) in [6, 6.07) is -2.12. The molecule has 6 amide bonds. The van der Waals surface area contributed by atoms with Crippen molar-refractivity contribution in [1.29, 1.82) is 0 Å². The molecule has 1 aromatic carbocycles. The Labute approximate surface area is 392 Å². The summed E-state index contributed by atoms with van der Waals surface area (Å²) in [5.74, 6) is -6.10. The number of aliphatic carboxylic acids is 1. The van der Waals surface area contributed by atoms with Gasteiger partial charge in [0.2, 0.25) is 35.4 Å². The van der Waals surface area contributed by atoms with Crippen LogP contribution in [0.4, 0.5) is 0 Å². The topological polar surface area (TPSA) is 404 Å². The van der Waals surface area contributed by atoms with E-state index < -0.39 is 89.6 Å². The monoisotopic (exact) mass is 945 g/mol. The van der Waals surface area contributed by atoms with E-state index in [4.69, 9.17) is 34.4 Å². The van der Waals surface area contributed by atoms with Crippen molar-refractivity contribution in [2.75, 3.05) is 26.2 Å². The number of aromatic hydroxyl groups is 1. The van der Waals surface area contributed by atoms with Gasteiger partial charge in [-0.3, -0.25) is 38.8 Å². The van der Waals surface area contributed by atoms with Gasteiger partial charge in [-0.1, -0.05) is 52.7 Å². The number of rotatable bonds is 30. The molecule has 376 valence electrons. The first kappa shape index (κ1) is 56.9. The Hall–Kier alpha value is -6.23. The van der Waals surface area contributed by atoms with Gasteiger partial charge in [-0.05, 0) is 93.9 Å². The van der Waals surface area contributed by atoms with Crippen molar-refractivity contribution in [3.63, 3.8) is 0 Å². The fourth-order valence-electron chi connectivity index (χ4n) is 7.48. The van der Waals surface area contributed by atoms with Crippen LogP contribution >= 0.6 is 0 Å². The van der Waals surface area contributed by atoms with Crippen LogP contribution in [0.1, 0.15) is 104 Å². The third-order valence-electron chi connectivity index (χ3n) is 11.4. The molecule has 2 rings (SSSR count). The Morgan fingerprint density at radius 2 is 1.30 bits per heavy atom. The van der Waals surface area contributed by atoms with Gasteiger partial charge in [0.25, 0.3) is 0 Å². The number of aliphatic imine (C=N–C) groups is 2. The molecule has 23 nitrogen and oxygen atoms in total. The quantitative estimate of drug-likeness (QED) is 0.0227. The molecule has 1 heterocycles. The number of carbonyl (C=O) groups is 7. The lowest BCUT2D eigenvalue weighted by Gasteiger charge is -2.31. The largest absolute Gasteiger partial charge is 0.508 e. The maximum absolute atomic E-state index is 14.5. The van der Waals surface area contributed by atoms with Crippen molar-refractivity contribution in [2.45, 2.75) is 147 Å². The number of hydrogen-bond acceptors (Lipinski definition) is 12. The summed E-state index contributed by atoms with van der Waals surface area (Å²) >= 11 is 0. The lowest BCUT2D eigenvalue weighted by Crippen LogP contribution is -2.60. The Morgan fingerprint density at radius 1 is 0.731 bits per heavy atom. The summed E-state index contributed by atoms with van der Waals surface area (Å²) < 4.78 is 0. The first-order valence-corrected chi connectivity index (χ1v) is 23.1. The van der Waals surface area contributed by atoms with Crippen LogP contribution in [-0.2, 0) is 40.0 Å². The minimum absolute atomic E-state index is 0.0294. The van der Waals surface area contributed by atoms with Crippen LogP contribution in [0.2, 0.25) is 0 Å². The van der Waals surface area contributed by atoms with Gasteiger partial charge in [0.1, 0.15) is 42.0 Å². The lowest BCUT2D eigenvalue weighted by molar-refractivity contribution is -0.143. The first-order valence-electron chi connectivity index (χ1n) is 23.1. The van der Waals surface area contributed by atoms with Crippen molar-refractivity contribution in [3.05, 3.63) is 29.8 Å². The van der Waals surface area contributed by atoms with Gasteiger partial charge in [0.15, 0.2) is 11.9 Å². The van der Waals surface area contributed by atoms with E-state index in [1.807, 2.05) is 20.8 Å². The average molecular weight is 945 g/mol. The highest BCUT2D eigenvalue weighted by atomic mass is 16.4. The van der Waals surface area contributed by atoms with Crippen LogP contribution in [0.3, 0.4) is 0 Å². The van der Waals surface area contributed by atoms with Gasteiger partial charge in [0, 0.05) is 26.1 Å². The minimum atomic E-state index is -1.31. The molecule has 0 spiro atoms. The SMILES string of the molecule is CC[C@H](C)[C@H](NC(=O)[C@H](Cc1ccc(O)cc1)NC(=O)[C@@H]1CCCN1C(=O)[C@H](CCCN=C(N)N)NC(=O)[C@H](CCCN=C(N)N)NC(=O)[C@@H](N)CCCCN)C(=O)N[C@@H](CC(C)C)C(=O)O.